The first-order valence-electron chi connectivity index (χ1n) is 11.9. The van der Waals surface area contributed by atoms with Crippen molar-refractivity contribution < 1.29 is 32.2 Å². The number of carbonyl (C=O) groups excluding carboxylic acids is 2. The highest BCUT2D eigenvalue weighted by Crippen LogP contribution is 2.48. The molecule has 0 aromatic carbocycles. The van der Waals surface area contributed by atoms with Gasteiger partial charge in [-0.25, -0.2) is 9.97 Å². The fraction of sp³-hybridized carbons (Fsp3) is 0.400. The summed E-state index contributed by atoms with van der Waals surface area (Å²) in [6.07, 6.45) is -0.0699. The van der Waals surface area contributed by atoms with Gasteiger partial charge in [0.15, 0.2) is 0 Å². The first-order chi connectivity index (χ1) is 18.1. The summed E-state index contributed by atoms with van der Waals surface area (Å²) in [6.45, 7) is 3.18. The second kappa shape index (κ2) is 9.39. The van der Waals surface area contributed by atoms with Gasteiger partial charge in [-0.3, -0.25) is 19.2 Å². The molecule has 10 nitrogen and oxygen atoms in total. The number of methoxy groups -OCH3 is 1. The van der Waals surface area contributed by atoms with Crippen LogP contribution < -0.4 is 15.0 Å². The first-order valence-corrected chi connectivity index (χ1v) is 11.9. The summed E-state index contributed by atoms with van der Waals surface area (Å²) in [5, 5.41) is 6.55. The van der Waals surface area contributed by atoms with Crippen molar-refractivity contribution in [2.75, 3.05) is 31.8 Å². The minimum Gasteiger partial charge on any atom is -0.480 e. The van der Waals surface area contributed by atoms with E-state index in [-0.39, 0.29) is 35.6 Å². The molecule has 0 radical (unpaired) electrons. The quantitative estimate of drug-likeness (QED) is 0.521. The minimum atomic E-state index is -4.46. The number of hydrogen-bond donors (Lipinski definition) is 1. The van der Waals surface area contributed by atoms with Crippen LogP contribution in [0.3, 0.4) is 0 Å². The summed E-state index contributed by atoms with van der Waals surface area (Å²) in [7, 11) is 1.42. The van der Waals surface area contributed by atoms with Crippen molar-refractivity contribution in [2.24, 2.45) is 0 Å². The third-order valence-electron chi connectivity index (χ3n) is 6.64. The predicted octanol–water partition coefficient (Wildman–Crippen LogP) is 3.25. The van der Waals surface area contributed by atoms with Crippen LogP contribution in [0.1, 0.15) is 45.3 Å². The van der Waals surface area contributed by atoms with Crippen LogP contribution in [0.15, 0.2) is 30.7 Å². The first kappa shape index (κ1) is 25.6. The monoisotopic (exact) mass is 530 g/mol. The Bertz CT molecular complexity index is 1410. The number of aromatic nitrogens is 4. The Labute approximate surface area is 215 Å². The third-order valence-corrected chi connectivity index (χ3v) is 6.64. The minimum absolute atomic E-state index is 0.122. The van der Waals surface area contributed by atoms with Gasteiger partial charge >= 0.3 is 6.18 Å². The maximum atomic E-state index is 13.7. The lowest BCUT2D eigenvalue weighted by Crippen LogP contribution is -2.45. The molecule has 0 bridgehead atoms. The Kier molecular flexibility index (Phi) is 6.33. The van der Waals surface area contributed by atoms with Gasteiger partial charge < -0.3 is 14.8 Å². The summed E-state index contributed by atoms with van der Waals surface area (Å²) < 4.78 is 50.5. The highest BCUT2D eigenvalue weighted by molar-refractivity contribution is 6.12. The zero-order valence-corrected chi connectivity index (χ0v) is 20.9. The van der Waals surface area contributed by atoms with Gasteiger partial charge in [0.1, 0.15) is 17.6 Å². The van der Waals surface area contributed by atoms with Crippen LogP contribution >= 0.6 is 0 Å². The number of hydrogen-bond acceptors (Lipinski definition) is 7. The maximum absolute atomic E-state index is 13.7. The number of alkyl halides is 3. The Morgan fingerprint density at radius 3 is 2.74 bits per heavy atom. The van der Waals surface area contributed by atoms with Gasteiger partial charge in [0, 0.05) is 37.5 Å². The van der Waals surface area contributed by atoms with E-state index in [1.165, 1.54) is 30.6 Å². The molecule has 1 N–H and O–H groups in total. The van der Waals surface area contributed by atoms with Crippen LogP contribution in [0.4, 0.5) is 18.9 Å². The molecule has 1 fully saturated rings. The summed E-state index contributed by atoms with van der Waals surface area (Å²) in [5.74, 6) is -0.575. The number of nitrogens with one attached hydrogen (secondary N) is 1. The zero-order valence-electron chi connectivity index (χ0n) is 20.9. The highest BCUT2D eigenvalue weighted by atomic mass is 19.4. The number of nitrogens with zero attached hydrogens (tertiary/aromatic N) is 5. The number of rotatable bonds is 6. The van der Waals surface area contributed by atoms with E-state index in [0.717, 1.165) is 4.68 Å². The normalized spacial score (nSPS) is 18.8. The van der Waals surface area contributed by atoms with Crippen molar-refractivity contribution in [1.29, 1.82) is 0 Å². The van der Waals surface area contributed by atoms with Gasteiger partial charge in [-0.2, -0.15) is 18.3 Å². The van der Waals surface area contributed by atoms with Gasteiger partial charge in [0.2, 0.25) is 5.88 Å². The standard InChI is InChI=1S/C25H25F3N6O4/c1-4-29-21(35)17-8-15(9-30-22(17)37-3)18-7-14(2)19-20(32-18)24(5-6-38-13-24)34(23(19)36)16-10-31-33(11-16)12-25(26,27)28/h7-11H,4-6,12-13H2,1-3H3,(H,29,35)/t24-/m0/s1. The van der Waals surface area contributed by atoms with Gasteiger partial charge in [0.05, 0.1) is 42.6 Å². The van der Waals surface area contributed by atoms with E-state index in [4.69, 9.17) is 14.5 Å². The number of anilines is 1. The van der Waals surface area contributed by atoms with E-state index in [9.17, 15) is 22.8 Å². The van der Waals surface area contributed by atoms with Gasteiger partial charge in [0.25, 0.3) is 11.8 Å². The summed E-state index contributed by atoms with van der Waals surface area (Å²) >= 11 is 0. The van der Waals surface area contributed by atoms with Crippen molar-refractivity contribution in [3.8, 4) is 17.1 Å². The molecule has 5 rings (SSSR count). The number of aryl methyl sites for hydroxylation is 1. The molecule has 0 saturated carbocycles. The molecular weight excluding hydrogens is 505 g/mol. The molecule has 1 spiro atoms. The van der Waals surface area contributed by atoms with E-state index < -0.39 is 18.3 Å². The fourth-order valence-corrected chi connectivity index (χ4v) is 5.03. The molecule has 38 heavy (non-hydrogen) atoms. The number of ether oxygens (including phenoxy) is 2. The van der Waals surface area contributed by atoms with Crippen LogP contribution in [-0.2, 0) is 16.8 Å². The largest absolute Gasteiger partial charge is 0.480 e. The Morgan fingerprint density at radius 2 is 2.08 bits per heavy atom. The van der Waals surface area contributed by atoms with Gasteiger partial charge in [-0.1, -0.05) is 0 Å². The highest BCUT2D eigenvalue weighted by Gasteiger charge is 2.55. The Hall–Kier alpha value is -4.00. The van der Waals surface area contributed by atoms with Gasteiger partial charge in [-0.05, 0) is 31.5 Å². The molecule has 0 aliphatic carbocycles. The number of carbonyl (C=O) groups is 2. The van der Waals surface area contributed by atoms with Crippen LogP contribution in [0.25, 0.3) is 11.3 Å². The topological polar surface area (TPSA) is 111 Å². The van der Waals surface area contributed by atoms with E-state index in [2.05, 4.69) is 15.4 Å². The molecule has 5 heterocycles. The van der Waals surface area contributed by atoms with Crippen molar-refractivity contribution in [2.45, 2.75) is 38.5 Å². The zero-order chi connectivity index (χ0) is 27.2. The number of halogens is 3. The van der Waals surface area contributed by atoms with E-state index in [1.807, 2.05) is 0 Å². The lowest BCUT2D eigenvalue weighted by Gasteiger charge is -2.32. The fourth-order valence-electron chi connectivity index (χ4n) is 5.03. The number of amides is 2. The lowest BCUT2D eigenvalue weighted by atomic mass is 9.91. The van der Waals surface area contributed by atoms with Crippen molar-refractivity contribution >= 4 is 17.5 Å². The maximum Gasteiger partial charge on any atom is 0.408 e. The molecule has 1 atom stereocenters. The lowest BCUT2D eigenvalue weighted by molar-refractivity contribution is -0.142. The SMILES string of the molecule is CCNC(=O)c1cc(-c2cc(C)c3c(n2)[C@@]2(CCOC2)N(c2cnn(CC(F)(F)F)c2)C3=O)cnc1OC. The molecule has 3 aromatic rings. The molecule has 0 unspecified atom stereocenters. The molecule has 2 amide bonds. The van der Waals surface area contributed by atoms with Gasteiger partial charge in [-0.15, -0.1) is 0 Å². The molecular formula is C25H25F3N6O4. The second-order valence-corrected chi connectivity index (χ2v) is 9.17. The molecule has 3 aromatic heterocycles. The smallest absolute Gasteiger partial charge is 0.408 e. The van der Waals surface area contributed by atoms with Crippen molar-refractivity contribution in [1.82, 2.24) is 25.1 Å². The van der Waals surface area contributed by atoms with Crippen LogP contribution in [0.2, 0.25) is 0 Å². The average molecular weight is 531 g/mol. The van der Waals surface area contributed by atoms with Crippen molar-refractivity contribution in [3.05, 3.63) is 53.1 Å². The summed E-state index contributed by atoms with van der Waals surface area (Å²) in [6, 6.07) is 3.35. The Balaban J connectivity index is 1.60. The van der Waals surface area contributed by atoms with Crippen molar-refractivity contribution in [3.63, 3.8) is 0 Å². The molecule has 200 valence electrons. The second-order valence-electron chi connectivity index (χ2n) is 9.17. The Morgan fingerprint density at radius 1 is 1.29 bits per heavy atom. The van der Waals surface area contributed by atoms with E-state index in [1.54, 1.807) is 26.0 Å². The molecule has 13 heteroatoms. The van der Waals surface area contributed by atoms with E-state index in [0.29, 0.717) is 47.7 Å². The molecule has 2 aliphatic heterocycles. The van der Waals surface area contributed by atoms with Crippen LogP contribution in [0, 0.1) is 6.92 Å². The number of fused-ring (bicyclic) bond motifs is 2. The predicted molar refractivity (Wildman–Crippen MR) is 129 cm³/mol. The number of pyridine rings is 2. The molecule has 1 saturated heterocycles. The van der Waals surface area contributed by atoms with Crippen LogP contribution in [-0.4, -0.2) is 64.6 Å². The summed E-state index contributed by atoms with van der Waals surface area (Å²) in [4.78, 5) is 36.9. The average Bonchev–Trinajstić information content (AvgIpc) is 3.58. The third kappa shape index (κ3) is 4.26. The van der Waals surface area contributed by atoms with E-state index >= 15 is 0 Å². The summed E-state index contributed by atoms with van der Waals surface area (Å²) in [5.41, 5.74) is 1.94. The molecule has 2 aliphatic rings. The van der Waals surface area contributed by atoms with Crippen LogP contribution in [0.5, 0.6) is 5.88 Å².